The molecule has 0 aromatic carbocycles. The molecule has 1 aromatic rings. The fraction of sp³-hybridized carbons (Fsp3) is 0.700. The number of halogens is 1. The summed E-state index contributed by atoms with van der Waals surface area (Å²) in [7, 11) is 0. The number of piperazine rings is 1. The van der Waals surface area contributed by atoms with Gasteiger partial charge >= 0.3 is 0 Å². The van der Waals surface area contributed by atoms with E-state index in [1.807, 2.05) is 4.90 Å². The first-order chi connectivity index (χ1) is 13.5. The van der Waals surface area contributed by atoms with Crippen molar-refractivity contribution in [3.8, 4) is 0 Å². The SMILES string of the molecule is CCNC(=NCCN1CCOCC1(C)C)N1CCN(C(=O)c2ccco2)CC1.I. The van der Waals surface area contributed by atoms with Crippen molar-refractivity contribution in [2.24, 2.45) is 4.99 Å². The summed E-state index contributed by atoms with van der Waals surface area (Å²) in [5.41, 5.74) is 0.0595. The van der Waals surface area contributed by atoms with E-state index in [1.165, 1.54) is 6.26 Å². The van der Waals surface area contributed by atoms with Crippen LogP contribution in [0.1, 0.15) is 31.3 Å². The first-order valence-electron chi connectivity index (χ1n) is 10.2. The molecule has 2 saturated heterocycles. The molecule has 0 radical (unpaired) electrons. The third-order valence-electron chi connectivity index (χ3n) is 5.38. The average Bonchev–Trinajstić information content (AvgIpc) is 3.23. The number of hydrogen-bond acceptors (Lipinski definition) is 5. The number of hydrogen-bond donors (Lipinski definition) is 1. The van der Waals surface area contributed by atoms with Crippen LogP contribution in [0, 0.1) is 0 Å². The van der Waals surface area contributed by atoms with Gasteiger partial charge in [0.2, 0.25) is 0 Å². The minimum atomic E-state index is -0.0406. The summed E-state index contributed by atoms with van der Waals surface area (Å²) in [5.74, 6) is 1.29. The van der Waals surface area contributed by atoms with Crippen LogP contribution in [0.15, 0.2) is 27.8 Å². The zero-order valence-electron chi connectivity index (χ0n) is 17.7. The molecule has 0 aliphatic carbocycles. The highest BCUT2D eigenvalue weighted by molar-refractivity contribution is 14.0. The number of carbonyl (C=O) groups excluding carboxylic acids is 1. The van der Waals surface area contributed by atoms with E-state index in [-0.39, 0.29) is 35.4 Å². The normalized spacial score (nSPS) is 20.3. The van der Waals surface area contributed by atoms with Gasteiger partial charge in [-0.2, -0.15) is 0 Å². The number of guanidine groups is 1. The Kier molecular flexibility index (Phi) is 9.22. The molecular weight excluding hydrogens is 485 g/mol. The molecule has 2 aliphatic heterocycles. The van der Waals surface area contributed by atoms with Crippen molar-refractivity contribution in [2.75, 3.05) is 65.6 Å². The van der Waals surface area contributed by atoms with E-state index >= 15 is 0 Å². The number of amides is 1. The molecule has 0 unspecified atom stereocenters. The molecule has 1 N–H and O–H groups in total. The molecule has 0 bridgehead atoms. The van der Waals surface area contributed by atoms with Crippen LogP contribution in [0.5, 0.6) is 0 Å². The summed E-state index contributed by atoms with van der Waals surface area (Å²) in [6, 6.07) is 3.46. The maximum Gasteiger partial charge on any atom is 0.289 e. The van der Waals surface area contributed by atoms with Crippen LogP contribution in [-0.4, -0.2) is 97.7 Å². The first-order valence-corrected chi connectivity index (χ1v) is 10.2. The van der Waals surface area contributed by atoms with Gasteiger partial charge < -0.3 is 24.3 Å². The molecule has 9 heteroatoms. The van der Waals surface area contributed by atoms with Gasteiger partial charge in [-0.25, -0.2) is 0 Å². The van der Waals surface area contributed by atoms with Gasteiger partial charge in [0.25, 0.3) is 5.91 Å². The fourth-order valence-electron chi connectivity index (χ4n) is 3.68. The molecule has 8 nitrogen and oxygen atoms in total. The summed E-state index contributed by atoms with van der Waals surface area (Å²) >= 11 is 0. The van der Waals surface area contributed by atoms with E-state index in [2.05, 4.69) is 35.9 Å². The van der Waals surface area contributed by atoms with E-state index < -0.39 is 0 Å². The Balaban J connectivity index is 0.00000300. The number of nitrogens with one attached hydrogen (secondary N) is 1. The van der Waals surface area contributed by atoms with Gasteiger partial charge in [0.05, 0.1) is 26.0 Å². The lowest BCUT2D eigenvalue weighted by atomic mass is 10.0. The number of morpholine rings is 1. The molecule has 0 spiro atoms. The Morgan fingerprint density at radius 1 is 1.21 bits per heavy atom. The molecule has 0 saturated carbocycles. The molecule has 1 amide bonds. The van der Waals surface area contributed by atoms with Crippen molar-refractivity contribution in [2.45, 2.75) is 26.3 Å². The largest absolute Gasteiger partial charge is 0.459 e. The molecule has 3 heterocycles. The van der Waals surface area contributed by atoms with Gasteiger partial charge in [0.1, 0.15) is 0 Å². The number of carbonyl (C=O) groups is 1. The second kappa shape index (κ2) is 11.2. The monoisotopic (exact) mass is 519 g/mol. The van der Waals surface area contributed by atoms with Crippen LogP contribution < -0.4 is 5.32 Å². The highest BCUT2D eigenvalue weighted by atomic mass is 127. The Morgan fingerprint density at radius 3 is 2.55 bits per heavy atom. The number of aliphatic imine (C=N–C) groups is 1. The van der Waals surface area contributed by atoms with Crippen molar-refractivity contribution in [1.29, 1.82) is 0 Å². The van der Waals surface area contributed by atoms with Crippen molar-refractivity contribution < 1.29 is 13.9 Å². The van der Waals surface area contributed by atoms with Gasteiger partial charge in [0.15, 0.2) is 11.7 Å². The molecule has 1 aromatic heterocycles. The minimum absolute atomic E-state index is 0. The highest BCUT2D eigenvalue weighted by Gasteiger charge is 2.30. The summed E-state index contributed by atoms with van der Waals surface area (Å²) in [5, 5.41) is 3.39. The molecule has 3 rings (SSSR count). The summed E-state index contributed by atoms with van der Waals surface area (Å²) in [6.07, 6.45) is 1.54. The topological polar surface area (TPSA) is 73.6 Å². The lowest BCUT2D eigenvalue weighted by Crippen LogP contribution is -2.55. The zero-order chi connectivity index (χ0) is 20.0. The van der Waals surface area contributed by atoms with Crippen molar-refractivity contribution in [3.63, 3.8) is 0 Å². The van der Waals surface area contributed by atoms with Crippen molar-refractivity contribution in [1.82, 2.24) is 20.0 Å². The quantitative estimate of drug-likeness (QED) is 0.363. The summed E-state index contributed by atoms with van der Waals surface area (Å²) in [6.45, 7) is 14.4. The van der Waals surface area contributed by atoms with E-state index in [1.54, 1.807) is 12.1 Å². The van der Waals surface area contributed by atoms with Crippen LogP contribution in [0.4, 0.5) is 0 Å². The molecule has 29 heavy (non-hydrogen) atoms. The third-order valence-corrected chi connectivity index (χ3v) is 5.38. The van der Waals surface area contributed by atoms with Crippen LogP contribution in [0.2, 0.25) is 0 Å². The maximum absolute atomic E-state index is 12.4. The van der Waals surface area contributed by atoms with Crippen LogP contribution in [0.3, 0.4) is 0 Å². The average molecular weight is 519 g/mol. The fourth-order valence-corrected chi connectivity index (χ4v) is 3.68. The van der Waals surface area contributed by atoms with Gasteiger partial charge in [-0.15, -0.1) is 24.0 Å². The Hall–Kier alpha value is -1.33. The lowest BCUT2D eigenvalue weighted by molar-refractivity contribution is -0.0491. The van der Waals surface area contributed by atoms with Gasteiger partial charge in [-0.05, 0) is 32.9 Å². The van der Waals surface area contributed by atoms with Gasteiger partial charge in [-0.1, -0.05) is 0 Å². The Labute approximate surface area is 190 Å². The summed E-state index contributed by atoms with van der Waals surface area (Å²) in [4.78, 5) is 23.8. The first kappa shape index (κ1) is 23.9. The van der Waals surface area contributed by atoms with E-state index in [4.69, 9.17) is 14.1 Å². The maximum atomic E-state index is 12.4. The van der Waals surface area contributed by atoms with E-state index in [0.29, 0.717) is 18.8 Å². The number of ether oxygens (including phenoxy) is 1. The number of nitrogens with zero attached hydrogens (tertiary/aromatic N) is 4. The van der Waals surface area contributed by atoms with Crippen LogP contribution in [-0.2, 0) is 4.74 Å². The molecule has 2 aliphatic rings. The predicted octanol–water partition coefficient (Wildman–Crippen LogP) is 1.73. The Bertz CT molecular complexity index is 657. The smallest absolute Gasteiger partial charge is 0.289 e. The van der Waals surface area contributed by atoms with E-state index in [0.717, 1.165) is 58.4 Å². The molecule has 2 fully saturated rings. The summed E-state index contributed by atoms with van der Waals surface area (Å²) < 4.78 is 10.8. The standard InChI is InChI=1S/C20H33N5O3.HI/c1-4-21-19(22-7-8-25-13-15-27-16-20(25,2)3)24-11-9-23(10-12-24)18(26)17-6-5-14-28-17;/h5-6,14H,4,7-13,15-16H2,1-3H3,(H,21,22);1H. The van der Waals surface area contributed by atoms with Crippen LogP contribution >= 0.6 is 24.0 Å². The minimum Gasteiger partial charge on any atom is -0.459 e. The number of rotatable bonds is 5. The van der Waals surface area contributed by atoms with E-state index in [9.17, 15) is 4.79 Å². The predicted molar refractivity (Wildman–Crippen MR) is 124 cm³/mol. The highest BCUT2D eigenvalue weighted by Crippen LogP contribution is 2.18. The Morgan fingerprint density at radius 2 is 1.93 bits per heavy atom. The zero-order valence-corrected chi connectivity index (χ0v) is 20.1. The number of furan rings is 1. The van der Waals surface area contributed by atoms with Gasteiger partial charge in [-0.3, -0.25) is 14.7 Å². The third kappa shape index (κ3) is 6.32. The van der Waals surface area contributed by atoms with Gasteiger partial charge in [0, 0.05) is 51.4 Å². The van der Waals surface area contributed by atoms with Crippen molar-refractivity contribution >= 4 is 35.8 Å². The van der Waals surface area contributed by atoms with Crippen LogP contribution in [0.25, 0.3) is 0 Å². The molecule has 164 valence electrons. The molecule has 0 atom stereocenters. The lowest BCUT2D eigenvalue weighted by Gasteiger charge is -2.42. The van der Waals surface area contributed by atoms with Crippen molar-refractivity contribution in [3.05, 3.63) is 24.2 Å². The molecular formula is C20H34IN5O3. The second-order valence-corrected chi connectivity index (χ2v) is 7.84. The second-order valence-electron chi connectivity index (χ2n) is 7.84.